The monoisotopic (exact) mass is 347 g/mol. The lowest BCUT2D eigenvalue weighted by Crippen LogP contribution is -2.44. The van der Waals surface area contributed by atoms with Gasteiger partial charge in [0.05, 0.1) is 6.20 Å². The molecule has 5 heteroatoms. The molecule has 4 heterocycles. The van der Waals surface area contributed by atoms with Crippen molar-refractivity contribution in [3.63, 3.8) is 0 Å². The average molecular weight is 347 g/mol. The SMILES string of the molecule is c1ccc(-c2cnn3cc(CN4CCC[C@]5(CCNC5)C4)cnc23)cc1. The van der Waals surface area contributed by atoms with E-state index in [9.17, 15) is 0 Å². The fourth-order valence-corrected chi connectivity index (χ4v) is 4.66. The number of nitrogens with one attached hydrogen (secondary N) is 1. The molecule has 134 valence electrons. The Morgan fingerprint density at radius 3 is 2.88 bits per heavy atom. The highest BCUT2D eigenvalue weighted by Crippen LogP contribution is 2.36. The molecule has 2 aliphatic rings. The highest BCUT2D eigenvalue weighted by molar-refractivity contribution is 5.76. The molecule has 1 N–H and O–H groups in total. The molecule has 0 aliphatic carbocycles. The molecule has 0 amide bonds. The molecule has 2 aromatic heterocycles. The summed E-state index contributed by atoms with van der Waals surface area (Å²) >= 11 is 0. The first-order chi connectivity index (χ1) is 12.8. The molecule has 0 bridgehead atoms. The van der Waals surface area contributed by atoms with Gasteiger partial charge in [-0.2, -0.15) is 5.10 Å². The first-order valence-corrected chi connectivity index (χ1v) is 9.62. The third-order valence-electron chi connectivity index (χ3n) is 5.97. The van der Waals surface area contributed by atoms with E-state index in [4.69, 9.17) is 4.98 Å². The smallest absolute Gasteiger partial charge is 0.162 e. The van der Waals surface area contributed by atoms with Crippen LogP contribution in [0.15, 0.2) is 48.9 Å². The number of aromatic nitrogens is 3. The van der Waals surface area contributed by atoms with Gasteiger partial charge in [0.25, 0.3) is 0 Å². The number of likely N-dealkylation sites (tertiary alicyclic amines) is 1. The molecule has 1 atom stereocenters. The van der Waals surface area contributed by atoms with E-state index in [1.165, 1.54) is 51.0 Å². The van der Waals surface area contributed by atoms with Crippen LogP contribution >= 0.6 is 0 Å². The standard InChI is InChI=1S/C21H25N5/c1-2-5-18(6-3-1)19-12-24-26-14-17(11-23-20(19)26)13-25-10-4-7-21(16-25)8-9-22-15-21/h1-3,5-6,11-12,14,22H,4,7-10,13,15-16H2/t21-/m1/s1. The van der Waals surface area contributed by atoms with Crippen molar-refractivity contribution in [2.75, 3.05) is 26.2 Å². The van der Waals surface area contributed by atoms with Crippen molar-refractivity contribution < 1.29 is 0 Å². The largest absolute Gasteiger partial charge is 0.316 e. The molecule has 0 radical (unpaired) electrons. The van der Waals surface area contributed by atoms with Gasteiger partial charge in [0, 0.05) is 43.2 Å². The summed E-state index contributed by atoms with van der Waals surface area (Å²) in [6, 6.07) is 10.4. The minimum Gasteiger partial charge on any atom is -0.316 e. The lowest BCUT2D eigenvalue weighted by atomic mass is 9.79. The maximum absolute atomic E-state index is 4.73. The van der Waals surface area contributed by atoms with E-state index in [1.54, 1.807) is 0 Å². The number of nitrogens with zero attached hydrogens (tertiary/aromatic N) is 4. The summed E-state index contributed by atoms with van der Waals surface area (Å²) in [6.07, 6.45) is 10.1. The van der Waals surface area contributed by atoms with Crippen LogP contribution in [0, 0.1) is 5.41 Å². The van der Waals surface area contributed by atoms with Crippen molar-refractivity contribution in [2.24, 2.45) is 5.41 Å². The second-order valence-corrected chi connectivity index (χ2v) is 7.90. The molecule has 2 aliphatic heterocycles. The molecule has 1 aromatic carbocycles. The van der Waals surface area contributed by atoms with Crippen LogP contribution < -0.4 is 5.32 Å². The van der Waals surface area contributed by atoms with Crippen molar-refractivity contribution in [3.8, 4) is 11.1 Å². The van der Waals surface area contributed by atoms with E-state index < -0.39 is 0 Å². The second-order valence-electron chi connectivity index (χ2n) is 7.90. The Balaban J connectivity index is 1.37. The van der Waals surface area contributed by atoms with Gasteiger partial charge in [0.15, 0.2) is 5.65 Å². The molecule has 1 spiro atoms. The Bertz CT molecular complexity index is 895. The molecule has 5 rings (SSSR count). The van der Waals surface area contributed by atoms with Crippen LogP contribution in [0.2, 0.25) is 0 Å². The van der Waals surface area contributed by atoms with Crippen molar-refractivity contribution in [2.45, 2.75) is 25.8 Å². The highest BCUT2D eigenvalue weighted by Gasteiger charge is 2.37. The fourth-order valence-electron chi connectivity index (χ4n) is 4.66. The molecular formula is C21H25N5. The van der Waals surface area contributed by atoms with Crippen molar-refractivity contribution in [3.05, 3.63) is 54.5 Å². The number of fused-ring (bicyclic) bond motifs is 1. The van der Waals surface area contributed by atoms with Crippen LogP contribution in [0.25, 0.3) is 16.8 Å². The van der Waals surface area contributed by atoms with Crippen molar-refractivity contribution in [1.82, 2.24) is 24.8 Å². The van der Waals surface area contributed by atoms with Crippen LogP contribution in [0.3, 0.4) is 0 Å². The van der Waals surface area contributed by atoms with Crippen LogP contribution in [-0.2, 0) is 6.54 Å². The summed E-state index contributed by atoms with van der Waals surface area (Å²) < 4.78 is 1.93. The van der Waals surface area contributed by atoms with Gasteiger partial charge in [-0.25, -0.2) is 9.50 Å². The zero-order valence-corrected chi connectivity index (χ0v) is 15.1. The number of rotatable bonds is 3. The molecule has 2 fully saturated rings. The maximum Gasteiger partial charge on any atom is 0.162 e. The second kappa shape index (κ2) is 6.49. The van der Waals surface area contributed by atoms with E-state index in [1.807, 2.05) is 23.0 Å². The van der Waals surface area contributed by atoms with E-state index in [0.29, 0.717) is 5.41 Å². The van der Waals surface area contributed by atoms with E-state index in [-0.39, 0.29) is 0 Å². The van der Waals surface area contributed by atoms with Gasteiger partial charge in [0.1, 0.15) is 0 Å². The summed E-state index contributed by atoms with van der Waals surface area (Å²) in [5, 5.41) is 8.10. The predicted molar refractivity (Wildman–Crippen MR) is 103 cm³/mol. The Hall–Kier alpha value is -2.24. The first-order valence-electron chi connectivity index (χ1n) is 9.62. The number of piperidine rings is 1. The Kier molecular flexibility index (Phi) is 3.98. The van der Waals surface area contributed by atoms with Gasteiger partial charge >= 0.3 is 0 Å². The molecule has 5 nitrogen and oxygen atoms in total. The number of hydrogen-bond donors (Lipinski definition) is 1. The van der Waals surface area contributed by atoms with Crippen LogP contribution in [0.4, 0.5) is 0 Å². The Labute approximate surface area is 154 Å². The van der Waals surface area contributed by atoms with E-state index in [0.717, 1.165) is 23.3 Å². The average Bonchev–Trinajstić information content (AvgIpc) is 3.29. The van der Waals surface area contributed by atoms with Crippen molar-refractivity contribution >= 4 is 5.65 Å². The van der Waals surface area contributed by atoms with E-state index >= 15 is 0 Å². The summed E-state index contributed by atoms with van der Waals surface area (Å²) in [5.41, 5.74) is 4.92. The summed E-state index contributed by atoms with van der Waals surface area (Å²) in [7, 11) is 0. The molecule has 26 heavy (non-hydrogen) atoms. The lowest BCUT2D eigenvalue weighted by Gasteiger charge is -2.40. The first kappa shape index (κ1) is 16.0. The minimum atomic E-state index is 0.502. The third-order valence-corrected chi connectivity index (χ3v) is 5.97. The topological polar surface area (TPSA) is 45.5 Å². The Morgan fingerprint density at radius 1 is 1.12 bits per heavy atom. The Morgan fingerprint density at radius 2 is 2.04 bits per heavy atom. The predicted octanol–water partition coefficient (Wildman–Crippen LogP) is 2.97. The molecule has 3 aromatic rings. The van der Waals surface area contributed by atoms with Gasteiger partial charge in [0.2, 0.25) is 0 Å². The third kappa shape index (κ3) is 2.91. The number of hydrogen-bond acceptors (Lipinski definition) is 4. The zero-order chi connectivity index (χ0) is 17.4. The maximum atomic E-state index is 4.73. The fraction of sp³-hybridized carbons (Fsp3) is 0.429. The lowest BCUT2D eigenvalue weighted by molar-refractivity contribution is 0.0976. The van der Waals surface area contributed by atoms with Gasteiger partial charge < -0.3 is 5.32 Å². The van der Waals surface area contributed by atoms with Crippen LogP contribution in [-0.4, -0.2) is 45.7 Å². The number of benzene rings is 1. The molecular weight excluding hydrogens is 322 g/mol. The summed E-state index contributed by atoms with van der Waals surface area (Å²) in [4.78, 5) is 7.33. The van der Waals surface area contributed by atoms with Gasteiger partial charge in [-0.3, -0.25) is 4.90 Å². The van der Waals surface area contributed by atoms with Gasteiger partial charge in [-0.05, 0) is 43.3 Å². The van der Waals surface area contributed by atoms with Crippen LogP contribution in [0.5, 0.6) is 0 Å². The van der Waals surface area contributed by atoms with Gasteiger partial charge in [-0.15, -0.1) is 0 Å². The van der Waals surface area contributed by atoms with Gasteiger partial charge in [-0.1, -0.05) is 30.3 Å². The molecule has 0 unspecified atom stereocenters. The van der Waals surface area contributed by atoms with E-state index in [2.05, 4.69) is 45.8 Å². The van der Waals surface area contributed by atoms with Crippen LogP contribution in [0.1, 0.15) is 24.8 Å². The quantitative estimate of drug-likeness (QED) is 0.791. The van der Waals surface area contributed by atoms with Crippen molar-refractivity contribution in [1.29, 1.82) is 0 Å². The summed E-state index contributed by atoms with van der Waals surface area (Å²) in [5.74, 6) is 0. The molecule has 2 saturated heterocycles. The normalized spacial score (nSPS) is 23.8. The highest BCUT2D eigenvalue weighted by atomic mass is 15.2. The zero-order valence-electron chi connectivity index (χ0n) is 15.1. The minimum absolute atomic E-state index is 0.502. The molecule has 0 saturated carbocycles. The summed E-state index contributed by atoms with van der Waals surface area (Å²) in [6.45, 7) is 5.71.